The van der Waals surface area contributed by atoms with Gasteiger partial charge in [0.2, 0.25) is 0 Å². The Morgan fingerprint density at radius 2 is 2.00 bits per heavy atom. The van der Waals surface area contributed by atoms with Crippen molar-refractivity contribution in [2.75, 3.05) is 12.5 Å². The lowest BCUT2D eigenvalue weighted by Crippen LogP contribution is -2.00. The summed E-state index contributed by atoms with van der Waals surface area (Å²) in [5.41, 5.74) is 6.17. The van der Waals surface area contributed by atoms with Gasteiger partial charge in [-0.3, -0.25) is 5.43 Å². The summed E-state index contributed by atoms with van der Waals surface area (Å²) >= 11 is 0. The number of hydrogen-bond acceptors (Lipinski definition) is 6. The number of methoxy groups -OCH3 is 1. The number of anilines is 1. The van der Waals surface area contributed by atoms with Gasteiger partial charge in [-0.25, -0.2) is 19.0 Å². The lowest BCUT2D eigenvalue weighted by Gasteiger charge is -2.06. The quantitative estimate of drug-likeness (QED) is 0.366. The minimum Gasteiger partial charge on any atom is -0.497 e. The summed E-state index contributed by atoms with van der Waals surface area (Å²) in [6.07, 6.45) is 4.79. The Kier molecular flexibility index (Phi) is 5.65. The summed E-state index contributed by atoms with van der Waals surface area (Å²) in [5.74, 6) is 1.02. The molecule has 0 bridgehead atoms. The van der Waals surface area contributed by atoms with E-state index in [1.54, 1.807) is 30.1 Å². The zero-order valence-electron chi connectivity index (χ0n) is 16.7. The normalized spacial score (nSPS) is 11.3. The highest BCUT2D eigenvalue weighted by atomic mass is 19.1. The van der Waals surface area contributed by atoms with Gasteiger partial charge >= 0.3 is 0 Å². The molecule has 2 heterocycles. The molecule has 7 nitrogen and oxygen atoms in total. The summed E-state index contributed by atoms with van der Waals surface area (Å²) in [5, 5.41) is 9.86. The van der Waals surface area contributed by atoms with Crippen LogP contribution in [-0.4, -0.2) is 33.1 Å². The van der Waals surface area contributed by atoms with Crippen LogP contribution in [0.15, 0.2) is 60.0 Å². The van der Waals surface area contributed by atoms with Crippen LogP contribution in [0.3, 0.4) is 0 Å². The minimum absolute atomic E-state index is 0.285. The van der Waals surface area contributed by atoms with Crippen LogP contribution in [0.5, 0.6) is 5.75 Å². The zero-order chi connectivity index (χ0) is 20.9. The van der Waals surface area contributed by atoms with Gasteiger partial charge in [0, 0.05) is 6.07 Å². The highest BCUT2D eigenvalue weighted by Crippen LogP contribution is 2.28. The maximum atomic E-state index is 13.1. The van der Waals surface area contributed by atoms with Crippen molar-refractivity contribution in [3.8, 4) is 11.4 Å². The molecule has 0 amide bonds. The van der Waals surface area contributed by atoms with Gasteiger partial charge in [0.05, 0.1) is 30.1 Å². The fourth-order valence-electron chi connectivity index (χ4n) is 3.16. The van der Waals surface area contributed by atoms with Crippen LogP contribution < -0.4 is 10.2 Å². The van der Waals surface area contributed by atoms with Crippen LogP contribution in [-0.2, 0) is 6.42 Å². The van der Waals surface area contributed by atoms with Gasteiger partial charge in [0.25, 0.3) is 0 Å². The first-order valence-electron chi connectivity index (χ1n) is 9.61. The Morgan fingerprint density at radius 3 is 2.77 bits per heavy atom. The van der Waals surface area contributed by atoms with E-state index >= 15 is 0 Å². The fraction of sp³-hybridized carbons (Fsp3) is 0.182. The predicted molar refractivity (Wildman–Crippen MR) is 115 cm³/mol. The Morgan fingerprint density at radius 1 is 1.17 bits per heavy atom. The van der Waals surface area contributed by atoms with Gasteiger partial charge in [-0.05, 0) is 36.2 Å². The third-order valence-electron chi connectivity index (χ3n) is 4.58. The van der Waals surface area contributed by atoms with Gasteiger partial charge in [-0.2, -0.15) is 10.2 Å². The largest absolute Gasteiger partial charge is 0.497 e. The van der Waals surface area contributed by atoms with E-state index in [0.717, 1.165) is 40.9 Å². The smallest absolute Gasteiger partial charge is 0.168 e. The van der Waals surface area contributed by atoms with Crippen LogP contribution in [0.25, 0.3) is 16.7 Å². The lowest BCUT2D eigenvalue weighted by atomic mass is 10.2. The molecule has 0 unspecified atom stereocenters. The molecule has 0 saturated carbocycles. The van der Waals surface area contributed by atoms with Crippen LogP contribution in [0.1, 0.15) is 24.6 Å². The average Bonchev–Trinajstić information content (AvgIpc) is 3.15. The number of benzene rings is 2. The maximum absolute atomic E-state index is 13.1. The number of hydrazone groups is 1. The van der Waals surface area contributed by atoms with Crippen molar-refractivity contribution in [2.45, 2.75) is 19.8 Å². The molecular formula is C22H21FN6O. The van der Waals surface area contributed by atoms with E-state index in [1.165, 1.54) is 18.5 Å². The molecule has 0 atom stereocenters. The van der Waals surface area contributed by atoms with Crippen molar-refractivity contribution in [1.82, 2.24) is 19.7 Å². The molecule has 8 heteroatoms. The molecule has 0 saturated heterocycles. The average molecular weight is 404 g/mol. The van der Waals surface area contributed by atoms with E-state index in [9.17, 15) is 4.39 Å². The van der Waals surface area contributed by atoms with Crippen LogP contribution in [0.2, 0.25) is 0 Å². The molecule has 4 aromatic rings. The molecule has 4 rings (SSSR count). The molecule has 0 aliphatic heterocycles. The predicted octanol–water partition coefficient (Wildman–Crippen LogP) is 4.36. The monoisotopic (exact) mass is 404 g/mol. The molecule has 0 radical (unpaired) electrons. The van der Waals surface area contributed by atoms with Crippen molar-refractivity contribution in [3.05, 3.63) is 71.9 Å². The van der Waals surface area contributed by atoms with E-state index < -0.39 is 0 Å². The highest BCUT2D eigenvalue weighted by molar-refractivity contribution is 5.91. The van der Waals surface area contributed by atoms with E-state index in [4.69, 9.17) is 9.84 Å². The number of fused-ring (bicyclic) bond motifs is 1. The van der Waals surface area contributed by atoms with Crippen molar-refractivity contribution in [2.24, 2.45) is 5.10 Å². The van der Waals surface area contributed by atoms with Crippen molar-refractivity contribution in [3.63, 3.8) is 0 Å². The molecule has 2 aromatic carbocycles. The SMILES string of the molecule is CCCc1nn(-c2cccc(OC)c2)c2ncnc(NN=Cc3ccc(F)cc3)c12. The van der Waals surface area contributed by atoms with Gasteiger partial charge in [-0.1, -0.05) is 31.5 Å². The first-order valence-corrected chi connectivity index (χ1v) is 9.61. The van der Waals surface area contributed by atoms with Gasteiger partial charge in [-0.15, -0.1) is 0 Å². The van der Waals surface area contributed by atoms with Gasteiger partial charge in [0.15, 0.2) is 11.5 Å². The number of hydrogen-bond donors (Lipinski definition) is 1. The number of nitrogens with one attached hydrogen (secondary N) is 1. The lowest BCUT2D eigenvalue weighted by molar-refractivity contribution is 0.414. The summed E-state index contributed by atoms with van der Waals surface area (Å²) in [4.78, 5) is 8.83. The maximum Gasteiger partial charge on any atom is 0.168 e. The summed E-state index contributed by atoms with van der Waals surface area (Å²) in [6, 6.07) is 13.7. The number of ether oxygens (including phenoxy) is 1. The fourth-order valence-corrected chi connectivity index (χ4v) is 3.16. The third-order valence-corrected chi connectivity index (χ3v) is 4.58. The van der Waals surface area contributed by atoms with E-state index in [2.05, 4.69) is 27.4 Å². The molecule has 2 aromatic heterocycles. The van der Waals surface area contributed by atoms with Gasteiger partial charge in [0.1, 0.15) is 17.9 Å². The molecule has 0 aliphatic carbocycles. The van der Waals surface area contributed by atoms with Crippen molar-refractivity contribution in [1.29, 1.82) is 0 Å². The molecule has 0 spiro atoms. The highest BCUT2D eigenvalue weighted by Gasteiger charge is 2.17. The summed E-state index contributed by atoms with van der Waals surface area (Å²) in [7, 11) is 1.63. The standard InChI is InChI=1S/C22H21FN6O/c1-3-5-19-20-21(27-26-13-15-8-10-16(23)11-9-15)24-14-25-22(20)29(28-19)17-6-4-7-18(12-17)30-2/h4,6-14H,3,5H2,1-2H3,(H,24,25,27). The van der Waals surface area contributed by atoms with Crippen LogP contribution in [0, 0.1) is 5.82 Å². The second kappa shape index (κ2) is 8.69. The Labute approximate surface area is 173 Å². The van der Waals surface area contributed by atoms with E-state index in [-0.39, 0.29) is 5.82 Å². The third kappa shape index (κ3) is 3.98. The number of nitrogens with zero attached hydrogens (tertiary/aromatic N) is 5. The zero-order valence-corrected chi connectivity index (χ0v) is 16.7. The number of aromatic nitrogens is 4. The number of aryl methyl sites for hydroxylation is 1. The first kappa shape index (κ1) is 19.5. The Hall–Kier alpha value is -3.81. The van der Waals surface area contributed by atoms with Crippen LogP contribution in [0.4, 0.5) is 10.2 Å². The first-order chi connectivity index (χ1) is 14.7. The molecule has 30 heavy (non-hydrogen) atoms. The molecule has 1 N–H and O–H groups in total. The minimum atomic E-state index is -0.285. The number of rotatable bonds is 7. The van der Waals surface area contributed by atoms with Crippen molar-refractivity contribution >= 4 is 23.1 Å². The number of halogens is 1. The second-order valence-corrected chi connectivity index (χ2v) is 6.65. The Bertz CT molecular complexity index is 1190. The summed E-state index contributed by atoms with van der Waals surface area (Å²) in [6.45, 7) is 2.10. The summed E-state index contributed by atoms with van der Waals surface area (Å²) < 4.78 is 20.2. The van der Waals surface area contributed by atoms with Crippen LogP contribution >= 0.6 is 0 Å². The Balaban J connectivity index is 1.73. The van der Waals surface area contributed by atoms with Crippen molar-refractivity contribution < 1.29 is 9.13 Å². The molecule has 0 fully saturated rings. The van der Waals surface area contributed by atoms with E-state index in [1.807, 2.05) is 24.3 Å². The molecule has 152 valence electrons. The van der Waals surface area contributed by atoms with Gasteiger partial charge < -0.3 is 4.74 Å². The molecular weight excluding hydrogens is 383 g/mol. The second-order valence-electron chi connectivity index (χ2n) is 6.65. The van der Waals surface area contributed by atoms with E-state index in [0.29, 0.717) is 11.5 Å². The molecule has 0 aliphatic rings. The topological polar surface area (TPSA) is 77.2 Å².